The monoisotopic (exact) mass is 272 g/mol. The number of rotatable bonds is 2. The van der Waals surface area contributed by atoms with Gasteiger partial charge in [-0.2, -0.15) is 0 Å². The maximum absolute atomic E-state index is 11.9. The highest BCUT2D eigenvalue weighted by Gasteiger charge is 2.31. The number of methoxy groups -OCH3 is 1. The van der Waals surface area contributed by atoms with Gasteiger partial charge in [-0.3, -0.25) is 4.79 Å². The summed E-state index contributed by atoms with van der Waals surface area (Å²) in [6.07, 6.45) is -0.321. The van der Waals surface area contributed by atoms with Crippen LogP contribution in [0.4, 0.5) is 4.79 Å². The van der Waals surface area contributed by atoms with Crippen LogP contribution < -0.4 is 0 Å². The van der Waals surface area contributed by atoms with Crippen molar-refractivity contribution in [3.8, 4) is 0 Å². The van der Waals surface area contributed by atoms with E-state index in [0.29, 0.717) is 19.6 Å². The standard InChI is InChI=1S/C13H24N2O4/c1-10-8-14(12(17)19-13(2,3)4)6-7-15(10)11(16)9-18-5/h10H,6-9H2,1-5H3/t10-/m0/s1. The molecule has 0 bridgehead atoms. The molecule has 0 radical (unpaired) electrons. The lowest BCUT2D eigenvalue weighted by Crippen LogP contribution is -2.56. The SMILES string of the molecule is COCC(=O)N1CCN(C(=O)OC(C)(C)C)C[C@@H]1C. The van der Waals surface area contributed by atoms with Gasteiger partial charge in [0.2, 0.25) is 5.91 Å². The Labute approximate surface area is 114 Å². The molecule has 6 heteroatoms. The van der Waals surface area contributed by atoms with Gasteiger partial charge in [0.15, 0.2) is 0 Å². The zero-order chi connectivity index (χ0) is 14.6. The molecule has 0 aromatic heterocycles. The molecule has 0 N–H and O–H groups in total. The molecule has 0 unspecified atom stereocenters. The van der Waals surface area contributed by atoms with Gasteiger partial charge >= 0.3 is 6.09 Å². The van der Waals surface area contributed by atoms with Crippen LogP contribution in [0.1, 0.15) is 27.7 Å². The summed E-state index contributed by atoms with van der Waals surface area (Å²) in [4.78, 5) is 27.1. The predicted molar refractivity (Wildman–Crippen MR) is 70.9 cm³/mol. The van der Waals surface area contributed by atoms with Gasteiger partial charge in [0.05, 0.1) is 0 Å². The first-order valence-electron chi connectivity index (χ1n) is 6.51. The van der Waals surface area contributed by atoms with Crippen LogP contribution in [0.3, 0.4) is 0 Å². The summed E-state index contributed by atoms with van der Waals surface area (Å²) < 4.78 is 10.2. The smallest absolute Gasteiger partial charge is 0.410 e. The lowest BCUT2D eigenvalue weighted by Gasteiger charge is -2.40. The predicted octanol–water partition coefficient (Wildman–Crippen LogP) is 1.10. The molecular weight excluding hydrogens is 248 g/mol. The third-order valence-corrected chi connectivity index (χ3v) is 2.87. The first-order valence-corrected chi connectivity index (χ1v) is 6.51. The summed E-state index contributed by atoms with van der Waals surface area (Å²) >= 11 is 0. The van der Waals surface area contributed by atoms with Crippen LogP contribution >= 0.6 is 0 Å². The van der Waals surface area contributed by atoms with Gasteiger partial charge in [-0.05, 0) is 27.7 Å². The van der Waals surface area contributed by atoms with Crippen molar-refractivity contribution in [1.82, 2.24) is 9.80 Å². The number of hydrogen-bond donors (Lipinski definition) is 0. The van der Waals surface area contributed by atoms with Gasteiger partial charge in [-0.25, -0.2) is 4.79 Å². The summed E-state index contributed by atoms with van der Waals surface area (Å²) in [7, 11) is 1.50. The molecule has 6 nitrogen and oxygen atoms in total. The van der Waals surface area contributed by atoms with Gasteiger partial charge in [-0.1, -0.05) is 0 Å². The molecule has 1 atom stereocenters. The van der Waals surface area contributed by atoms with Crippen LogP contribution in [0, 0.1) is 0 Å². The molecule has 1 saturated heterocycles. The van der Waals surface area contributed by atoms with Crippen molar-refractivity contribution in [2.24, 2.45) is 0 Å². The van der Waals surface area contributed by atoms with Gasteiger partial charge in [-0.15, -0.1) is 0 Å². The average Bonchev–Trinajstić information content (AvgIpc) is 2.26. The molecule has 110 valence electrons. The van der Waals surface area contributed by atoms with Crippen molar-refractivity contribution in [3.05, 3.63) is 0 Å². The third-order valence-electron chi connectivity index (χ3n) is 2.87. The Hall–Kier alpha value is -1.30. The molecular formula is C13H24N2O4. The van der Waals surface area contributed by atoms with Crippen molar-refractivity contribution in [2.75, 3.05) is 33.4 Å². The van der Waals surface area contributed by atoms with E-state index in [9.17, 15) is 9.59 Å². The molecule has 0 spiro atoms. The summed E-state index contributed by atoms with van der Waals surface area (Å²) in [5, 5.41) is 0. The van der Waals surface area contributed by atoms with E-state index in [1.54, 1.807) is 9.80 Å². The lowest BCUT2D eigenvalue weighted by atomic mass is 10.2. The zero-order valence-corrected chi connectivity index (χ0v) is 12.4. The van der Waals surface area contributed by atoms with Gasteiger partial charge < -0.3 is 19.3 Å². The number of ether oxygens (including phenoxy) is 2. The first-order chi connectivity index (χ1) is 8.74. The number of carbonyl (C=O) groups excluding carboxylic acids is 2. The molecule has 1 rings (SSSR count). The fraction of sp³-hybridized carbons (Fsp3) is 0.846. The average molecular weight is 272 g/mol. The van der Waals surface area contributed by atoms with E-state index in [-0.39, 0.29) is 24.6 Å². The number of carbonyl (C=O) groups is 2. The Bertz CT molecular complexity index is 338. The van der Waals surface area contributed by atoms with Crippen LogP contribution in [0.15, 0.2) is 0 Å². The second-order valence-electron chi connectivity index (χ2n) is 5.80. The molecule has 0 aromatic rings. The number of nitrogens with zero attached hydrogens (tertiary/aromatic N) is 2. The highest BCUT2D eigenvalue weighted by Crippen LogP contribution is 2.15. The molecule has 1 aliphatic heterocycles. The lowest BCUT2D eigenvalue weighted by molar-refractivity contribution is -0.139. The molecule has 0 saturated carbocycles. The first kappa shape index (κ1) is 15.8. The van der Waals surface area contributed by atoms with Crippen molar-refractivity contribution in [2.45, 2.75) is 39.3 Å². The van der Waals surface area contributed by atoms with Crippen molar-refractivity contribution in [3.63, 3.8) is 0 Å². The second-order valence-corrected chi connectivity index (χ2v) is 5.80. The number of hydrogen-bond acceptors (Lipinski definition) is 4. The minimum Gasteiger partial charge on any atom is -0.444 e. The second kappa shape index (κ2) is 6.23. The maximum atomic E-state index is 11.9. The summed E-state index contributed by atoms with van der Waals surface area (Å²) in [6.45, 7) is 9.02. The zero-order valence-electron chi connectivity index (χ0n) is 12.4. The molecule has 1 heterocycles. The Morgan fingerprint density at radius 2 is 1.89 bits per heavy atom. The van der Waals surface area contributed by atoms with Crippen molar-refractivity contribution < 1.29 is 19.1 Å². The van der Waals surface area contributed by atoms with Crippen LogP contribution in [0.5, 0.6) is 0 Å². The summed E-state index contributed by atoms with van der Waals surface area (Å²) in [6, 6.07) is -0.0241. The van der Waals surface area contributed by atoms with E-state index in [4.69, 9.17) is 9.47 Å². The van der Waals surface area contributed by atoms with Crippen molar-refractivity contribution in [1.29, 1.82) is 0 Å². The van der Waals surface area contributed by atoms with Gasteiger partial charge in [0, 0.05) is 32.8 Å². The Morgan fingerprint density at radius 1 is 1.26 bits per heavy atom. The topological polar surface area (TPSA) is 59.1 Å². The molecule has 1 fully saturated rings. The summed E-state index contributed by atoms with van der Waals surface area (Å²) in [5.41, 5.74) is -0.497. The van der Waals surface area contributed by atoms with Gasteiger partial charge in [0.1, 0.15) is 12.2 Å². The van der Waals surface area contributed by atoms with E-state index < -0.39 is 5.60 Å². The minimum absolute atomic E-state index is 0.0241. The third kappa shape index (κ3) is 4.70. The van der Waals surface area contributed by atoms with E-state index in [1.165, 1.54) is 7.11 Å². The Morgan fingerprint density at radius 3 is 2.37 bits per heavy atom. The fourth-order valence-electron chi connectivity index (χ4n) is 2.03. The number of piperazine rings is 1. The maximum Gasteiger partial charge on any atom is 0.410 e. The van der Waals surface area contributed by atoms with Crippen LogP contribution in [0.25, 0.3) is 0 Å². The summed E-state index contributed by atoms with van der Waals surface area (Å²) in [5.74, 6) is -0.0427. The van der Waals surface area contributed by atoms with Crippen LogP contribution in [0.2, 0.25) is 0 Å². The molecule has 19 heavy (non-hydrogen) atoms. The number of amides is 2. The fourth-order valence-corrected chi connectivity index (χ4v) is 2.03. The van der Waals surface area contributed by atoms with E-state index in [2.05, 4.69) is 0 Å². The normalized spacial score (nSPS) is 20.4. The molecule has 2 amide bonds. The largest absolute Gasteiger partial charge is 0.444 e. The Kier molecular flexibility index (Phi) is 5.17. The highest BCUT2D eigenvalue weighted by molar-refractivity contribution is 5.78. The van der Waals surface area contributed by atoms with Gasteiger partial charge in [0.25, 0.3) is 0 Å². The molecule has 0 aromatic carbocycles. The van der Waals surface area contributed by atoms with Crippen molar-refractivity contribution >= 4 is 12.0 Å². The van der Waals surface area contributed by atoms with E-state index in [1.807, 2.05) is 27.7 Å². The molecule has 1 aliphatic rings. The molecule has 0 aliphatic carbocycles. The van der Waals surface area contributed by atoms with Crippen LogP contribution in [-0.2, 0) is 14.3 Å². The van der Waals surface area contributed by atoms with Crippen LogP contribution in [-0.4, -0.2) is 66.8 Å². The highest BCUT2D eigenvalue weighted by atomic mass is 16.6. The quantitative estimate of drug-likeness (QED) is 0.755. The Balaban J connectivity index is 2.54. The van der Waals surface area contributed by atoms with E-state index in [0.717, 1.165) is 0 Å². The van der Waals surface area contributed by atoms with E-state index >= 15 is 0 Å². The minimum atomic E-state index is -0.497.